The summed E-state index contributed by atoms with van der Waals surface area (Å²) in [5.41, 5.74) is 4.21. The second-order valence-corrected chi connectivity index (χ2v) is 4.29. The Morgan fingerprint density at radius 3 is 2.53 bits per heavy atom. The largest absolute Gasteiger partial charge is 0.457 e. The molecule has 1 aromatic rings. The molecule has 0 aromatic carbocycles. The third-order valence-electron chi connectivity index (χ3n) is 3.12. The molecule has 0 saturated heterocycles. The Kier molecular flexibility index (Phi) is 3.17. The van der Waals surface area contributed by atoms with E-state index in [4.69, 9.17) is 14.9 Å². The van der Waals surface area contributed by atoms with Crippen LogP contribution in [0.25, 0.3) is 0 Å². The quantitative estimate of drug-likeness (QED) is 0.810. The molecule has 1 aliphatic rings. The average Bonchev–Trinajstić information content (AvgIpc) is 2.83. The van der Waals surface area contributed by atoms with Crippen molar-refractivity contribution < 1.29 is 18.7 Å². The Balaban J connectivity index is 2.13. The minimum atomic E-state index is -1.15. The van der Waals surface area contributed by atoms with E-state index in [1.54, 1.807) is 6.07 Å². The number of amides is 1. The summed E-state index contributed by atoms with van der Waals surface area (Å²) in [4.78, 5) is 23.3. The fourth-order valence-corrected chi connectivity index (χ4v) is 2.14. The van der Waals surface area contributed by atoms with Gasteiger partial charge >= 0.3 is 5.97 Å². The standard InChI is InChI=1S/C12H15NO4/c13-11(15)12(6-2-1-3-7-12)17-10(14)9-5-4-8-16-9/h4-5,8H,1-3,6-7H2,(H2,13,15). The number of esters is 1. The number of furan rings is 1. The summed E-state index contributed by atoms with van der Waals surface area (Å²) in [5, 5.41) is 0. The fourth-order valence-electron chi connectivity index (χ4n) is 2.14. The topological polar surface area (TPSA) is 82.5 Å². The molecule has 0 unspecified atom stereocenters. The minimum absolute atomic E-state index is 0.0937. The summed E-state index contributed by atoms with van der Waals surface area (Å²) >= 11 is 0. The summed E-state index contributed by atoms with van der Waals surface area (Å²) in [6.45, 7) is 0. The molecule has 0 radical (unpaired) electrons. The Bertz CT molecular complexity index is 404. The zero-order valence-electron chi connectivity index (χ0n) is 9.48. The van der Waals surface area contributed by atoms with E-state index in [2.05, 4.69) is 0 Å². The first-order valence-corrected chi connectivity index (χ1v) is 5.71. The molecule has 1 amide bonds. The van der Waals surface area contributed by atoms with E-state index in [1.807, 2.05) is 0 Å². The molecular weight excluding hydrogens is 222 g/mol. The Hall–Kier alpha value is -1.78. The summed E-state index contributed by atoms with van der Waals surface area (Å²) in [5.74, 6) is -1.11. The van der Waals surface area contributed by atoms with Gasteiger partial charge in [0, 0.05) is 0 Å². The van der Waals surface area contributed by atoms with Gasteiger partial charge in [-0.05, 0) is 37.8 Å². The number of nitrogens with two attached hydrogens (primary N) is 1. The number of ether oxygens (including phenoxy) is 1. The average molecular weight is 237 g/mol. The molecule has 5 heteroatoms. The highest BCUT2D eigenvalue weighted by molar-refractivity contribution is 5.91. The van der Waals surface area contributed by atoms with Crippen molar-refractivity contribution in [3.8, 4) is 0 Å². The molecule has 17 heavy (non-hydrogen) atoms. The van der Waals surface area contributed by atoms with E-state index in [0.717, 1.165) is 19.3 Å². The second-order valence-electron chi connectivity index (χ2n) is 4.29. The van der Waals surface area contributed by atoms with E-state index < -0.39 is 17.5 Å². The number of hydrogen-bond donors (Lipinski definition) is 1. The lowest BCUT2D eigenvalue weighted by molar-refractivity contribution is -0.140. The molecule has 0 spiro atoms. The molecule has 0 bridgehead atoms. The van der Waals surface area contributed by atoms with Crippen molar-refractivity contribution in [2.45, 2.75) is 37.7 Å². The predicted molar refractivity (Wildman–Crippen MR) is 59.1 cm³/mol. The molecule has 1 saturated carbocycles. The third kappa shape index (κ3) is 2.33. The van der Waals surface area contributed by atoms with Crippen LogP contribution in [0.3, 0.4) is 0 Å². The first kappa shape index (κ1) is 11.7. The van der Waals surface area contributed by atoms with Crippen LogP contribution >= 0.6 is 0 Å². The van der Waals surface area contributed by atoms with Crippen LogP contribution in [-0.2, 0) is 9.53 Å². The van der Waals surface area contributed by atoms with E-state index in [9.17, 15) is 9.59 Å². The molecule has 0 atom stereocenters. The van der Waals surface area contributed by atoms with Crippen molar-refractivity contribution in [1.29, 1.82) is 0 Å². The van der Waals surface area contributed by atoms with Crippen LogP contribution in [-0.4, -0.2) is 17.5 Å². The number of hydrogen-bond acceptors (Lipinski definition) is 4. The molecular formula is C12H15NO4. The van der Waals surface area contributed by atoms with Gasteiger partial charge in [-0.1, -0.05) is 6.42 Å². The zero-order chi connectivity index (χ0) is 12.3. The lowest BCUT2D eigenvalue weighted by Crippen LogP contribution is -2.49. The number of rotatable bonds is 3. The van der Waals surface area contributed by atoms with Gasteiger partial charge in [0.2, 0.25) is 5.76 Å². The molecule has 1 aromatic heterocycles. The van der Waals surface area contributed by atoms with Gasteiger partial charge in [-0.2, -0.15) is 0 Å². The van der Waals surface area contributed by atoms with Crippen molar-refractivity contribution in [2.24, 2.45) is 5.73 Å². The van der Waals surface area contributed by atoms with Gasteiger partial charge in [0.15, 0.2) is 5.60 Å². The second kappa shape index (κ2) is 4.61. The monoisotopic (exact) mass is 237 g/mol. The van der Waals surface area contributed by atoms with Crippen LogP contribution in [0.4, 0.5) is 0 Å². The van der Waals surface area contributed by atoms with E-state index in [-0.39, 0.29) is 5.76 Å². The Labute approximate surface area is 98.9 Å². The maximum Gasteiger partial charge on any atom is 0.375 e. The molecule has 2 N–H and O–H groups in total. The Morgan fingerprint density at radius 2 is 2.00 bits per heavy atom. The predicted octanol–water partition coefficient (Wildman–Crippen LogP) is 1.62. The van der Waals surface area contributed by atoms with E-state index in [0.29, 0.717) is 12.8 Å². The Morgan fingerprint density at radius 1 is 1.29 bits per heavy atom. The lowest BCUT2D eigenvalue weighted by atomic mass is 9.84. The smallest absolute Gasteiger partial charge is 0.375 e. The van der Waals surface area contributed by atoms with Gasteiger partial charge in [0.1, 0.15) is 0 Å². The van der Waals surface area contributed by atoms with Gasteiger partial charge in [-0.3, -0.25) is 4.79 Å². The number of carbonyl (C=O) groups is 2. The summed E-state index contributed by atoms with van der Waals surface area (Å²) in [7, 11) is 0. The van der Waals surface area contributed by atoms with Gasteiger partial charge in [-0.15, -0.1) is 0 Å². The summed E-state index contributed by atoms with van der Waals surface area (Å²) in [6, 6.07) is 3.09. The molecule has 1 aliphatic carbocycles. The molecule has 1 heterocycles. The lowest BCUT2D eigenvalue weighted by Gasteiger charge is -2.33. The van der Waals surface area contributed by atoms with Crippen molar-refractivity contribution in [1.82, 2.24) is 0 Å². The van der Waals surface area contributed by atoms with Crippen molar-refractivity contribution in [2.75, 3.05) is 0 Å². The molecule has 0 aliphatic heterocycles. The highest BCUT2D eigenvalue weighted by atomic mass is 16.6. The van der Waals surface area contributed by atoms with Crippen molar-refractivity contribution in [3.63, 3.8) is 0 Å². The van der Waals surface area contributed by atoms with Gasteiger partial charge < -0.3 is 14.9 Å². The van der Waals surface area contributed by atoms with Crippen LogP contribution in [0.15, 0.2) is 22.8 Å². The van der Waals surface area contributed by atoms with Crippen LogP contribution in [0.2, 0.25) is 0 Å². The van der Waals surface area contributed by atoms with Crippen LogP contribution < -0.4 is 5.73 Å². The molecule has 92 valence electrons. The molecule has 1 fully saturated rings. The molecule has 2 rings (SSSR count). The highest BCUT2D eigenvalue weighted by Gasteiger charge is 2.42. The minimum Gasteiger partial charge on any atom is -0.457 e. The van der Waals surface area contributed by atoms with Crippen LogP contribution in [0.5, 0.6) is 0 Å². The molecule has 5 nitrogen and oxygen atoms in total. The SMILES string of the molecule is NC(=O)C1(OC(=O)c2ccco2)CCCCC1. The highest BCUT2D eigenvalue weighted by Crippen LogP contribution is 2.32. The van der Waals surface area contributed by atoms with Crippen molar-refractivity contribution in [3.05, 3.63) is 24.2 Å². The maximum atomic E-state index is 11.8. The van der Waals surface area contributed by atoms with Crippen LogP contribution in [0.1, 0.15) is 42.7 Å². The maximum absolute atomic E-state index is 11.8. The van der Waals surface area contributed by atoms with Crippen LogP contribution in [0, 0.1) is 0 Å². The van der Waals surface area contributed by atoms with E-state index >= 15 is 0 Å². The van der Waals surface area contributed by atoms with Gasteiger partial charge in [-0.25, -0.2) is 4.79 Å². The first-order valence-electron chi connectivity index (χ1n) is 5.71. The van der Waals surface area contributed by atoms with Gasteiger partial charge in [0.05, 0.1) is 6.26 Å². The zero-order valence-corrected chi connectivity index (χ0v) is 9.48. The number of primary amides is 1. The first-order chi connectivity index (χ1) is 8.14. The number of carbonyl (C=O) groups excluding carboxylic acids is 2. The summed E-state index contributed by atoms with van der Waals surface area (Å²) in [6.07, 6.45) is 5.09. The normalized spacial score (nSPS) is 18.6. The fraction of sp³-hybridized carbons (Fsp3) is 0.500. The van der Waals surface area contributed by atoms with Gasteiger partial charge in [0.25, 0.3) is 5.91 Å². The summed E-state index contributed by atoms with van der Waals surface area (Å²) < 4.78 is 10.2. The van der Waals surface area contributed by atoms with E-state index in [1.165, 1.54) is 12.3 Å². The van der Waals surface area contributed by atoms with Crippen molar-refractivity contribution >= 4 is 11.9 Å². The third-order valence-corrected chi connectivity index (χ3v) is 3.12.